The van der Waals surface area contributed by atoms with Crippen molar-refractivity contribution in [3.8, 4) is 0 Å². The highest BCUT2D eigenvalue weighted by atomic mass is 35.5. The Morgan fingerprint density at radius 1 is 1.56 bits per heavy atom. The van der Waals surface area contributed by atoms with E-state index >= 15 is 0 Å². The third-order valence-corrected chi connectivity index (χ3v) is 2.86. The molecule has 2 rings (SSSR count). The normalized spacial score (nSPS) is 10.9. The van der Waals surface area contributed by atoms with E-state index in [4.69, 9.17) is 29.6 Å². The predicted octanol–water partition coefficient (Wildman–Crippen LogP) is 2.43. The second-order valence-electron chi connectivity index (χ2n) is 3.82. The van der Waals surface area contributed by atoms with E-state index in [2.05, 4.69) is 4.98 Å². The van der Waals surface area contributed by atoms with Crippen molar-refractivity contribution in [2.45, 2.75) is 20.3 Å². The Balaban J connectivity index is 2.73. The number of nitrogens with two attached hydrogens (primary N) is 1. The van der Waals surface area contributed by atoms with Gasteiger partial charge in [0.2, 0.25) is 0 Å². The van der Waals surface area contributed by atoms with Crippen LogP contribution in [0.3, 0.4) is 0 Å². The molecule has 2 aromatic rings. The van der Waals surface area contributed by atoms with Crippen LogP contribution in [0.1, 0.15) is 17.0 Å². The van der Waals surface area contributed by atoms with Crippen molar-refractivity contribution < 1.29 is 0 Å². The van der Waals surface area contributed by atoms with Gasteiger partial charge in [-0.05, 0) is 25.5 Å². The number of hydrogen-bond donors (Lipinski definition) is 1. The van der Waals surface area contributed by atoms with Gasteiger partial charge >= 0.3 is 0 Å². The van der Waals surface area contributed by atoms with Crippen LogP contribution < -0.4 is 5.73 Å². The molecule has 5 heteroatoms. The minimum atomic E-state index is 0.461. The van der Waals surface area contributed by atoms with Gasteiger partial charge in [-0.25, -0.2) is 4.98 Å². The van der Waals surface area contributed by atoms with Crippen LogP contribution in [0.25, 0.3) is 5.65 Å². The van der Waals surface area contributed by atoms with Crippen LogP contribution in [0.2, 0.25) is 5.02 Å². The molecule has 0 bridgehead atoms. The maximum Gasteiger partial charge on any atom is 0.140 e. The van der Waals surface area contributed by atoms with Crippen LogP contribution in [-0.2, 0) is 6.42 Å². The molecular weight excluding hydrogens is 242 g/mol. The molecule has 2 heterocycles. The topological polar surface area (TPSA) is 43.3 Å². The van der Waals surface area contributed by atoms with E-state index in [9.17, 15) is 0 Å². The number of rotatable bonds is 2. The second kappa shape index (κ2) is 4.03. The fourth-order valence-electron chi connectivity index (χ4n) is 1.81. The maximum atomic E-state index is 6.03. The number of fused-ring (bicyclic) bond motifs is 1. The Labute approximate surface area is 104 Å². The molecular formula is C11H12ClN3S. The zero-order chi connectivity index (χ0) is 11.9. The number of nitrogens with zero attached hydrogens (tertiary/aromatic N) is 2. The van der Waals surface area contributed by atoms with E-state index < -0.39 is 0 Å². The summed E-state index contributed by atoms with van der Waals surface area (Å²) in [5, 5.41) is 0.687. The molecule has 0 aromatic carbocycles. The molecule has 16 heavy (non-hydrogen) atoms. The SMILES string of the molecule is Cc1nc2c(C)cc(Cl)cn2c1CC(N)=S. The minimum Gasteiger partial charge on any atom is -0.393 e. The zero-order valence-corrected chi connectivity index (χ0v) is 10.7. The summed E-state index contributed by atoms with van der Waals surface area (Å²) in [6.45, 7) is 3.94. The van der Waals surface area contributed by atoms with Gasteiger partial charge in [0, 0.05) is 12.6 Å². The summed E-state index contributed by atoms with van der Waals surface area (Å²) >= 11 is 11.0. The largest absolute Gasteiger partial charge is 0.393 e. The van der Waals surface area contributed by atoms with Gasteiger partial charge in [-0.1, -0.05) is 23.8 Å². The summed E-state index contributed by atoms with van der Waals surface area (Å²) in [7, 11) is 0. The summed E-state index contributed by atoms with van der Waals surface area (Å²) < 4.78 is 1.96. The lowest BCUT2D eigenvalue weighted by molar-refractivity contribution is 1.05. The minimum absolute atomic E-state index is 0.461. The number of halogens is 1. The number of pyridine rings is 1. The van der Waals surface area contributed by atoms with Gasteiger partial charge in [0.05, 0.1) is 21.4 Å². The summed E-state index contributed by atoms with van der Waals surface area (Å²) in [4.78, 5) is 4.96. The van der Waals surface area contributed by atoms with Gasteiger partial charge in [-0.3, -0.25) is 0 Å². The molecule has 0 aliphatic heterocycles. The Kier molecular flexibility index (Phi) is 2.86. The summed E-state index contributed by atoms with van der Waals surface area (Å²) in [5.41, 5.74) is 9.48. The molecule has 2 N–H and O–H groups in total. The van der Waals surface area contributed by atoms with E-state index in [-0.39, 0.29) is 0 Å². The third kappa shape index (κ3) is 1.90. The van der Waals surface area contributed by atoms with Crippen LogP contribution in [0, 0.1) is 13.8 Å². The molecule has 0 saturated carbocycles. The van der Waals surface area contributed by atoms with Crippen LogP contribution in [-0.4, -0.2) is 14.4 Å². The fourth-order valence-corrected chi connectivity index (χ4v) is 2.20. The number of aryl methyl sites for hydroxylation is 2. The van der Waals surface area contributed by atoms with Gasteiger partial charge in [-0.15, -0.1) is 0 Å². The number of aromatic nitrogens is 2. The molecule has 0 fully saturated rings. The van der Waals surface area contributed by atoms with E-state index in [1.165, 1.54) is 0 Å². The smallest absolute Gasteiger partial charge is 0.140 e. The van der Waals surface area contributed by atoms with Crippen LogP contribution in [0.5, 0.6) is 0 Å². The fraction of sp³-hybridized carbons (Fsp3) is 0.273. The van der Waals surface area contributed by atoms with Gasteiger partial charge in [0.25, 0.3) is 0 Å². The van der Waals surface area contributed by atoms with Crippen molar-refractivity contribution in [1.82, 2.24) is 9.38 Å². The first-order chi connectivity index (χ1) is 7.49. The molecule has 0 aliphatic carbocycles. The lowest BCUT2D eigenvalue weighted by Crippen LogP contribution is -2.13. The van der Waals surface area contributed by atoms with Crippen molar-refractivity contribution in [3.05, 3.63) is 34.2 Å². The highest BCUT2D eigenvalue weighted by Gasteiger charge is 2.11. The van der Waals surface area contributed by atoms with Crippen molar-refractivity contribution in [3.63, 3.8) is 0 Å². The molecule has 84 valence electrons. The van der Waals surface area contributed by atoms with Crippen molar-refractivity contribution >= 4 is 34.5 Å². The van der Waals surface area contributed by atoms with Crippen molar-refractivity contribution in [1.29, 1.82) is 0 Å². The van der Waals surface area contributed by atoms with E-state index in [0.29, 0.717) is 16.4 Å². The Hall–Kier alpha value is -1.13. The quantitative estimate of drug-likeness (QED) is 0.836. The van der Waals surface area contributed by atoms with Crippen molar-refractivity contribution in [2.75, 3.05) is 0 Å². The number of hydrogen-bond acceptors (Lipinski definition) is 2. The first-order valence-corrected chi connectivity index (χ1v) is 5.69. The lowest BCUT2D eigenvalue weighted by atomic mass is 10.2. The lowest BCUT2D eigenvalue weighted by Gasteiger charge is -2.03. The van der Waals surface area contributed by atoms with Crippen LogP contribution in [0.4, 0.5) is 0 Å². The Morgan fingerprint density at radius 2 is 2.25 bits per heavy atom. The highest BCUT2D eigenvalue weighted by Crippen LogP contribution is 2.20. The molecule has 0 amide bonds. The molecule has 0 spiro atoms. The average molecular weight is 254 g/mol. The predicted molar refractivity (Wildman–Crippen MR) is 70.2 cm³/mol. The highest BCUT2D eigenvalue weighted by molar-refractivity contribution is 7.80. The van der Waals surface area contributed by atoms with E-state index in [1.807, 2.05) is 30.5 Å². The summed E-state index contributed by atoms with van der Waals surface area (Å²) in [5.74, 6) is 0. The molecule has 0 saturated heterocycles. The maximum absolute atomic E-state index is 6.03. The monoisotopic (exact) mass is 253 g/mol. The zero-order valence-electron chi connectivity index (χ0n) is 9.12. The van der Waals surface area contributed by atoms with Crippen LogP contribution in [0.15, 0.2) is 12.3 Å². The van der Waals surface area contributed by atoms with Gasteiger partial charge < -0.3 is 10.1 Å². The number of thiocarbonyl (C=S) groups is 1. The second-order valence-corrected chi connectivity index (χ2v) is 4.78. The summed E-state index contributed by atoms with van der Waals surface area (Å²) in [6.07, 6.45) is 2.39. The van der Waals surface area contributed by atoms with Gasteiger partial charge in [-0.2, -0.15) is 0 Å². The van der Waals surface area contributed by atoms with E-state index in [1.54, 1.807) is 0 Å². The molecule has 0 aliphatic rings. The Bertz CT molecular complexity index is 574. The molecule has 3 nitrogen and oxygen atoms in total. The Morgan fingerprint density at radius 3 is 2.88 bits per heavy atom. The van der Waals surface area contributed by atoms with Crippen molar-refractivity contribution in [2.24, 2.45) is 5.73 Å². The first kappa shape index (κ1) is 11.4. The molecule has 0 radical (unpaired) electrons. The first-order valence-electron chi connectivity index (χ1n) is 4.91. The standard InChI is InChI=1S/C11H12ClN3S/c1-6-3-8(12)5-15-9(4-10(13)16)7(2)14-11(6)15/h3,5H,4H2,1-2H3,(H2,13,16). The van der Waals surface area contributed by atoms with E-state index in [0.717, 1.165) is 22.6 Å². The molecule has 0 atom stereocenters. The molecule has 0 unspecified atom stereocenters. The number of imidazole rings is 1. The average Bonchev–Trinajstić information content (AvgIpc) is 2.45. The third-order valence-electron chi connectivity index (χ3n) is 2.51. The molecule has 2 aromatic heterocycles. The van der Waals surface area contributed by atoms with Gasteiger partial charge in [0.1, 0.15) is 5.65 Å². The van der Waals surface area contributed by atoms with Crippen LogP contribution >= 0.6 is 23.8 Å². The van der Waals surface area contributed by atoms with Gasteiger partial charge in [0.15, 0.2) is 0 Å². The summed E-state index contributed by atoms with van der Waals surface area (Å²) in [6, 6.07) is 1.90.